The second-order valence-electron chi connectivity index (χ2n) is 2.89. The summed E-state index contributed by atoms with van der Waals surface area (Å²) in [6, 6.07) is 2.15. The van der Waals surface area contributed by atoms with Crippen molar-refractivity contribution in [3.8, 4) is 17.2 Å². The Morgan fingerprint density at radius 2 is 2.00 bits per heavy atom. The zero-order valence-electron chi connectivity index (χ0n) is 7.78. The summed E-state index contributed by atoms with van der Waals surface area (Å²) in [5.74, 6) is -1.46. The number of carbonyl (C=O) groups is 1. The SMILES string of the molecule is O=C(O)c1cc2c(cc1OC(F)F)OCO2. The molecule has 1 aromatic carbocycles. The third-order valence-electron chi connectivity index (χ3n) is 1.92. The van der Waals surface area contributed by atoms with Crippen molar-refractivity contribution in [3.63, 3.8) is 0 Å². The number of alkyl halides is 2. The molecule has 86 valence electrons. The number of ether oxygens (including phenoxy) is 3. The number of hydrogen-bond donors (Lipinski definition) is 1. The van der Waals surface area contributed by atoms with E-state index in [2.05, 4.69) is 4.74 Å². The van der Waals surface area contributed by atoms with Gasteiger partial charge in [0.2, 0.25) is 6.79 Å². The zero-order chi connectivity index (χ0) is 11.7. The number of aromatic carboxylic acids is 1. The Morgan fingerprint density at radius 3 is 2.56 bits per heavy atom. The molecule has 16 heavy (non-hydrogen) atoms. The van der Waals surface area contributed by atoms with Gasteiger partial charge in [0, 0.05) is 12.1 Å². The van der Waals surface area contributed by atoms with Crippen LogP contribution in [0.5, 0.6) is 17.2 Å². The van der Waals surface area contributed by atoms with Crippen LogP contribution in [0.25, 0.3) is 0 Å². The Bertz CT molecular complexity index is 432. The molecule has 0 radical (unpaired) electrons. The molecular formula is C9H6F2O5. The Morgan fingerprint density at radius 1 is 1.38 bits per heavy atom. The van der Waals surface area contributed by atoms with Gasteiger partial charge < -0.3 is 19.3 Å². The highest BCUT2D eigenvalue weighted by Gasteiger charge is 2.23. The molecule has 0 atom stereocenters. The number of fused-ring (bicyclic) bond motifs is 1. The van der Waals surface area contributed by atoms with E-state index in [-0.39, 0.29) is 18.3 Å². The molecule has 0 fully saturated rings. The van der Waals surface area contributed by atoms with E-state index in [9.17, 15) is 13.6 Å². The predicted octanol–water partition coefficient (Wildman–Crippen LogP) is 1.71. The molecule has 0 saturated heterocycles. The highest BCUT2D eigenvalue weighted by atomic mass is 19.3. The third-order valence-corrected chi connectivity index (χ3v) is 1.92. The molecular weight excluding hydrogens is 226 g/mol. The van der Waals surface area contributed by atoms with Crippen LogP contribution < -0.4 is 14.2 Å². The smallest absolute Gasteiger partial charge is 0.387 e. The van der Waals surface area contributed by atoms with Crippen molar-refractivity contribution < 1.29 is 32.9 Å². The van der Waals surface area contributed by atoms with Crippen LogP contribution in [0.15, 0.2) is 12.1 Å². The fourth-order valence-electron chi connectivity index (χ4n) is 1.28. The van der Waals surface area contributed by atoms with Crippen LogP contribution >= 0.6 is 0 Å². The molecule has 1 aliphatic rings. The predicted molar refractivity (Wildman–Crippen MR) is 46.2 cm³/mol. The van der Waals surface area contributed by atoms with E-state index < -0.39 is 23.9 Å². The van der Waals surface area contributed by atoms with E-state index in [1.807, 2.05) is 0 Å². The van der Waals surface area contributed by atoms with Crippen LogP contribution in [0.3, 0.4) is 0 Å². The summed E-state index contributed by atoms with van der Waals surface area (Å²) in [5.41, 5.74) is -0.399. The lowest BCUT2D eigenvalue weighted by Crippen LogP contribution is -2.07. The van der Waals surface area contributed by atoms with Gasteiger partial charge in [0.1, 0.15) is 11.3 Å². The molecule has 0 spiro atoms. The highest BCUT2D eigenvalue weighted by molar-refractivity contribution is 5.92. The first-order valence-electron chi connectivity index (χ1n) is 4.19. The van der Waals surface area contributed by atoms with Gasteiger partial charge in [0.25, 0.3) is 0 Å². The summed E-state index contributed by atoms with van der Waals surface area (Å²) in [4.78, 5) is 10.8. The monoisotopic (exact) mass is 232 g/mol. The average molecular weight is 232 g/mol. The maximum Gasteiger partial charge on any atom is 0.387 e. The fraction of sp³-hybridized carbons (Fsp3) is 0.222. The average Bonchev–Trinajstić information content (AvgIpc) is 2.62. The second kappa shape index (κ2) is 3.84. The van der Waals surface area contributed by atoms with Gasteiger partial charge in [0.05, 0.1) is 0 Å². The Balaban J connectivity index is 2.44. The summed E-state index contributed by atoms with van der Waals surface area (Å²) >= 11 is 0. The van der Waals surface area contributed by atoms with E-state index in [0.29, 0.717) is 0 Å². The van der Waals surface area contributed by atoms with Gasteiger partial charge in [-0.05, 0) is 0 Å². The van der Waals surface area contributed by atoms with E-state index in [4.69, 9.17) is 14.6 Å². The van der Waals surface area contributed by atoms with Gasteiger partial charge in [-0.15, -0.1) is 0 Å². The number of rotatable bonds is 3. The maximum absolute atomic E-state index is 12.0. The summed E-state index contributed by atoms with van der Waals surface area (Å²) in [7, 11) is 0. The highest BCUT2D eigenvalue weighted by Crippen LogP contribution is 2.38. The fourth-order valence-corrected chi connectivity index (χ4v) is 1.28. The lowest BCUT2D eigenvalue weighted by molar-refractivity contribution is -0.0503. The molecule has 0 aromatic heterocycles. The molecule has 0 aliphatic carbocycles. The lowest BCUT2D eigenvalue weighted by atomic mass is 10.2. The summed E-state index contributed by atoms with van der Waals surface area (Å²) in [6.07, 6.45) is 0. The first-order chi connectivity index (χ1) is 7.58. The van der Waals surface area contributed by atoms with Crippen molar-refractivity contribution in [1.82, 2.24) is 0 Å². The van der Waals surface area contributed by atoms with Crippen molar-refractivity contribution in [2.24, 2.45) is 0 Å². The maximum atomic E-state index is 12.0. The van der Waals surface area contributed by atoms with Crippen LogP contribution in [0.2, 0.25) is 0 Å². The minimum absolute atomic E-state index is 0.0769. The quantitative estimate of drug-likeness (QED) is 0.859. The Kier molecular flexibility index (Phi) is 2.51. The summed E-state index contributed by atoms with van der Waals surface area (Å²) < 4.78 is 38.0. The molecule has 0 unspecified atom stereocenters. The van der Waals surface area contributed by atoms with E-state index >= 15 is 0 Å². The van der Waals surface area contributed by atoms with Crippen LogP contribution in [-0.2, 0) is 0 Å². The molecule has 1 aromatic rings. The molecule has 0 saturated carbocycles. The molecule has 5 nitrogen and oxygen atoms in total. The molecule has 1 heterocycles. The van der Waals surface area contributed by atoms with Crippen LogP contribution in [0.1, 0.15) is 10.4 Å². The number of halogens is 2. The second-order valence-corrected chi connectivity index (χ2v) is 2.89. The van der Waals surface area contributed by atoms with Crippen molar-refractivity contribution in [1.29, 1.82) is 0 Å². The van der Waals surface area contributed by atoms with Gasteiger partial charge in [-0.2, -0.15) is 8.78 Å². The van der Waals surface area contributed by atoms with Gasteiger partial charge >= 0.3 is 12.6 Å². The first-order valence-corrected chi connectivity index (χ1v) is 4.19. The third kappa shape index (κ3) is 1.83. The standard InChI is InChI=1S/C9H6F2O5/c10-9(11)16-5-2-7-6(14-3-15-7)1-4(5)8(12)13/h1-2,9H,3H2,(H,12,13). The van der Waals surface area contributed by atoms with Crippen molar-refractivity contribution >= 4 is 5.97 Å². The Labute approximate surface area is 88.1 Å². The molecule has 1 aliphatic heterocycles. The number of benzene rings is 1. The largest absolute Gasteiger partial charge is 0.478 e. The minimum Gasteiger partial charge on any atom is -0.478 e. The van der Waals surface area contributed by atoms with Gasteiger partial charge in [-0.25, -0.2) is 4.79 Å². The van der Waals surface area contributed by atoms with Crippen LogP contribution in [-0.4, -0.2) is 24.5 Å². The molecule has 0 amide bonds. The van der Waals surface area contributed by atoms with Crippen molar-refractivity contribution in [3.05, 3.63) is 17.7 Å². The normalized spacial score (nSPS) is 12.9. The molecule has 7 heteroatoms. The molecule has 1 N–H and O–H groups in total. The number of hydrogen-bond acceptors (Lipinski definition) is 4. The van der Waals surface area contributed by atoms with E-state index in [0.717, 1.165) is 12.1 Å². The van der Waals surface area contributed by atoms with Gasteiger partial charge in [-0.1, -0.05) is 0 Å². The Hall–Kier alpha value is -2.05. The summed E-state index contributed by atoms with van der Waals surface area (Å²) in [5, 5.41) is 8.79. The number of carboxylic acids is 1. The molecule has 0 bridgehead atoms. The van der Waals surface area contributed by atoms with E-state index in [1.54, 1.807) is 0 Å². The van der Waals surface area contributed by atoms with Crippen molar-refractivity contribution in [2.45, 2.75) is 6.61 Å². The zero-order valence-corrected chi connectivity index (χ0v) is 7.78. The van der Waals surface area contributed by atoms with Crippen molar-refractivity contribution in [2.75, 3.05) is 6.79 Å². The van der Waals surface area contributed by atoms with Gasteiger partial charge in [0.15, 0.2) is 11.5 Å². The van der Waals surface area contributed by atoms with Crippen LogP contribution in [0.4, 0.5) is 8.78 Å². The summed E-state index contributed by atoms with van der Waals surface area (Å²) in [6.45, 7) is -3.18. The molecule has 2 rings (SSSR count). The topological polar surface area (TPSA) is 65.0 Å². The first kappa shape index (κ1) is 10.5. The lowest BCUT2D eigenvalue weighted by Gasteiger charge is -2.08. The van der Waals surface area contributed by atoms with E-state index in [1.165, 1.54) is 0 Å². The van der Waals surface area contributed by atoms with Gasteiger partial charge in [-0.3, -0.25) is 0 Å². The number of carboxylic acid groups (broad SMARTS) is 1. The van der Waals surface area contributed by atoms with Crippen LogP contribution in [0, 0.1) is 0 Å². The minimum atomic E-state index is -3.10.